The lowest BCUT2D eigenvalue weighted by Crippen LogP contribution is -2.00. The standard InChI is InChI=1S/C12H10ClNO2S/c13-9-3-1-2-8(6-9)4-5-10-11(12(15)16)17-7-14-10/h1-3,6-7H,4-5H2,(H,15,16). The molecule has 0 aliphatic carbocycles. The second-order valence-corrected chi connectivity index (χ2v) is 4.85. The SMILES string of the molecule is O=C(O)c1scnc1CCc1cccc(Cl)c1. The summed E-state index contributed by atoms with van der Waals surface area (Å²) in [4.78, 5) is 15.3. The van der Waals surface area contributed by atoms with Crippen molar-refractivity contribution in [3.05, 3.63) is 50.9 Å². The van der Waals surface area contributed by atoms with Gasteiger partial charge in [0.2, 0.25) is 0 Å². The van der Waals surface area contributed by atoms with Gasteiger partial charge in [0.05, 0.1) is 11.2 Å². The minimum absolute atomic E-state index is 0.326. The van der Waals surface area contributed by atoms with Gasteiger partial charge >= 0.3 is 5.97 Å². The van der Waals surface area contributed by atoms with Gasteiger partial charge in [0.15, 0.2) is 0 Å². The van der Waals surface area contributed by atoms with Crippen LogP contribution in [-0.2, 0) is 12.8 Å². The molecular weight excluding hydrogens is 258 g/mol. The molecule has 0 bridgehead atoms. The fraction of sp³-hybridized carbons (Fsp3) is 0.167. The summed E-state index contributed by atoms with van der Waals surface area (Å²) < 4.78 is 0. The van der Waals surface area contributed by atoms with Crippen LogP contribution in [0.15, 0.2) is 29.8 Å². The van der Waals surface area contributed by atoms with Gasteiger partial charge in [-0.1, -0.05) is 23.7 Å². The Morgan fingerprint density at radius 3 is 2.94 bits per heavy atom. The highest BCUT2D eigenvalue weighted by molar-refractivity contribution is 7.11. The number of hydrogen-bond acceptors (Lipinski definition) is 3. The summed E-state index contributed by atoms with van der Waals surface area (Å²) >= 11 is 7.04. The number of aryl methyl sites for hydroxylation is 2. The zero-order chi connectivity index (χ0) is 12.3. The Morgan fingerprint density at radius 2 is 2.24 bits per heavy atom. The third kappa shape index (κ3) is 3.05. The molecule has 1 aromatic carbocycles. The highest BCUT2D eigenvalue weighted by Crippen LogP contribution is 2.17. The van der Waals surface area contributed by atoms with Crippen molar-refractivity contribution < 1.29 is 9.90 Å². The molecule has 0 spiro atoms. The fourth-order valence-electron chi connectivity index (χ4n) is 1.58. The topological polar surface area (TPSA) is 50.2 Å². The van der Waals surface area contributed by atoms with Gasteiger partial charge in [-0.25, -0.2) is 9.78 Å². The van der Waals surface area contributed by atoms with E-state index in [-0.39, 0.29) is 0 Å². The Labute approximate surface area is 108 Å². The second-order valence-electron chi connectivity index (χ2n) is 3.56. The zero-order valence-electron chi connectivity index (χ0n) is 8.89. The van der Waals surface area contributed by atoms with E-state index in [0.717, 1.165) is 23.3 Å². The predicted octanol–water partition coefficient (Wildman–Crippen LogP) is 3.28. The monoisotopic (exact) mass is 267 g/mol. The Balaban J connectivity index is 2.07. The van der Waals surface area contributed by atoms with E-state index >= 15 is 0 Å². The van der Waals surface area contributed by atoms with Crippen LogP contribution in [-0.4, -0.2) is 16.1 Å². The number of aromatic carboxylic acids is 1. The molecule has 1 N–H and O–H groups in total. The first kappa shape index (κ1) is 12.1. The van der Waals surface area contributed by atoms with E-state index in [2.05, 4.69) is 4.98 Å². The summed E-state index contributed by atoms with van der Waals surface area (Å²) in [5.74, 6) is -0.909. The summed E-state index contributed by atoms with van der Waals surface area (Å²) in [7, 11) is 0. The summed E-state index contributed by atoms with van der Waals surface area (Å²) in [5, 5.41) is 9.64. The Kier molecular flexibility index (Phi) is 3.76. The first-order valence-electron chi connectivity index (χ1n) is 5.07. The largest absolute Gasteiger partial charge is 0.477 e. The molecule has 0 atom stereocenters. The van der Waals surface area contributed by atoms with E-state index in [0.29, 0.717) is 22.0 Å². The van der Waals surface area contributed by atoms with E-state index in [9.17, 15) is 4.79 Å². The molecule has 0 saturated carbocycles. The van der Waals surface area contributed by atoms with Crippen LogP contribution in [0.1, 0.15) is 20.9 Å². The smallest absolute Gasteiger partial charge is 0.347 e. The van der Waals surface area contributed by atoms with Gasteiger partial charge in [0.25, 0.3) is 0 Å². The average molecular weight is 268 g/mol. The normalized spacial score (nSPS) is 10.4. The average Bonchev–Trinajstić information content (AvgIpc) is 2.74. The van der Waals surface area contributed by atoms with Crippen LogP contribution < -0.4 is 0 Å². The van der Waals surface area contributed by atoms with Gasteiger partial charge in [0.1, 0.15) is 4.88 Å². The van der Waals surface area contributed by atoms with Gasteiger partial charge in [-0.3, -0.25) is 0 Å². The van der Waals surface area contributed by atoms with Crippen LogP contribution in [0.25, 0.3) is 0 Å². The molecule has 1 aromatic heterocycles. The maximum atomic E-state index is 10.9. The Bertz CT molecular complexity index is 539. The first-order chi connectivity index (χ1) is 8.16. The molecule has 88 valence electrons. The number of halogens is 1. The van der Waals surface area contributed by atoms with Gasteiger partial charge in [0, 0.05) is 5.02 Å². The lowest BCUT2D eigenvalue weighted by Gasteiger charge is -2.01. The van der Waals surface area contributed by atoms with E-state index in [4.69, 9.17) is 16.7 Å². The molecule has 17 heavy (non-hydrogen) atoms. The van der Waals surface area contributed by atoms with Crippen LogP contribution in [0.5, 0.6) is 0 Å². The molecule has 0 fully saturated rings. The Hall–Kier alpha value is -1.39. The fourth-order valence-corrected chi connectivity index (χ4v) is 2.47. The number of rotatable bonds is 4. The number of aromatic nitrogens is 1. The van der Waals surface area contributed by atoms with Gasteiger partial charge < -0.3 is 5.11 Å². The van der Waals surface area contributed by atoms with Crippen LogP contribution in [0.4, 0.5) is 0 Å². The zero-order valence-corrected chi connectivity index (χ0v) is 10.5. The highest BCUT2D eigenvalue weighted by Gasteiger charge is 2.12. The van der Waals surface area contributed by atoms with Gasteiger partial charge in [-0.05, 0) is 30.5 Å². The van der Waals surface area contributed by atoms with E-state index in [1.807, 2.05) is 24.3 Å². The van der Waals surface area contributed by atoms with Gasteiger partial charge in [-0.2, -0.15) is 0 Å². The molecule has 0 saturated heterocycles. The number of benzene rings is 1. The summed E-state index contributed by atoms with van der Waals surface area (Å²) in [6.07, 6.45) is 1.36. The summed E-state index contributed by atoms with van der Waals surface area (Å²) in [6, 6.07) is 7.56. The molecule has 0 aliphatic rings. The van der Waals surface area contributed by atoms with Crippen molar-refractivity contribution in [3.8, 4) is 0 Å². The molecule has 0 unspecified atom stereocenters. The number of nitrogens with zero attached hydrogens (tertiary/aromatic N) is 1. The van der Waals surface area contributed by atoms with Crippen LogP contribution >= 0.6 is 22.9 Å². The molecule has 3 nitrogen and oxygen atoms in total. The molecule has 2 aromatic rings. The first-order valence-corrected chi connectivity index (χ1v) is 6.32. The van der Waals surface area contributed by atoms with Crippen molar-refractivity contribution in [1.29, 1.82) is 0 Å². The third-order valence-corrected chi connectivity index (χ3v) is 3.47. The van der Waals surface area contributed by atoms with Crippen LogP contribution in [0, 0.1) is 0 Å². The van der Waals surface area contributed by atoms with Crippen molar-refractivity contribution in [2.75, 3.05) is 0 Å². The van der Waals surface area contributed by atoms with Gasteiger partial charge in [-0.15, -0.1) is 11.3 Å². The molecule has 0 radical (unpaired) electrons. The second kappa shape index (κ2) is 5.29. The van der Waals surface area contributed by atoms with E-state index in [1.54, 1.807) is 5.51 Å². The number of thiazole rings is 1. The minimum Gasteiger partial charge on any atom is -0.477 e. The molecule has 5 heteroatoms. The molecule has 0 aliphatic heterocycles. The van der Waals surface area contributed by atoms with Crippen LogP contribution in [0.3, 0.4) is 0 Å². The van der Waals surface area contributed by atoms with Crippen molar-refractivity contribution in [1.82, 2.24) is 4.98 Å². The maximum absolute atomic E-state index is 10.9. The lowest BCUT2D eigenvalue weighted by molar-refractivity contribution is 0.0700. The molecular formula is C12H10ClNO2S. The maximum Gasteiger partial charge on any atom is 0.347 e. The number of carboxylic acid groups (broad SMARTS) is 1. The van der Waals surface area contributed by atoms with Crippen LogP contribution in [0.2, 0.25) is 5.02 Å². The van der Waals surface area contributed by atoms with Crippen molar-refractivity contribution in [3.63, 3.8) is 0 Å². The lowest BCUT2D eigenvalue weighted by atomic mass is 10.1. The number of carbonyl (C=O) groups is 1. The molecule has 0 amide bonds. The number of hydrogen-bond donors (Lipinski definition) is 1. The highest BCUT2D eigenvalue weighted by atomic mass is 35.5. The van der Waals surface area contributed by atoms with Crippen molar-refractivity contribution >= 4 is 28.9 Å². The summed E-state index contributed by atoms with van der Waals surface area (Å²) in [6.45, 7) is 0. The molecule has 2 rings (SSSR count). The Morgan fingerprint density at radius 1 is 1.41 bits per heavy atom. The minimum atomic E-state index is -0.909. The third-order valence-electron chi connectivity index (χ3n) is 2.37. The molecule has 1 heterocycles. The quantitative estimate of drug-likeness (QED) is 0.925. The number of carboxylic acids is 1. The van der Waals surface area contributed by atoms with Crippen molar-refractivity contribution in [2.45, 2.75) is 12.8 Å². The van der Waals surface area contributed by atoms with E-state index in [1.165, 1.54) is 0 Å². The van der Waals surface area contributed by atoms with E-state index < -0.39 is 5.97 Å². The predicted molar refractivity (Wildman–Crippen MR) is 67.9 cm³/mol. The van der Waals surface area contributed by atoms with Crippen molar-refractivity contribution in [2.24, 2.45) is 0 Å². The summed E-state index contributed by atoms with van der Waals surface area (Å²) in [5.41, 5.74) is 3.29.